The van der Waals surface area contributed by atoms with Crippen LogP contribution in [0.15, 0.2) is 192 Å². The van der Waals surface area contributed by atoms with E-state index in [-0.39, 0.29) is 0 Å². The Hall–Kier alpha value is -7.56. The van der Waals surface area contributed by atoms with Crippen LogP contribution in [0.4, 0.5) is 0 Å². The molecular formula is C52H31N3O. The molecule has 12 rings (SSSR count). The van der Waals surface area contributed by atoms with Gasteiger partial charge in [0.25, 0.3) is 0 Å². The first-order valence-electron chi connectivity index (χ1n) is 19.0. The molecule has 4 aromatic heterocycles. The van der Waals surface area contributed by atoms with Crippen LogP contribution in [0.1, 0.15) is 0 Å². The SMILES string of the molecule is c1ccc(-c2cc(-c3ccccc3)nc(-c3ccc(-c4ccc5oc6ccccc6c5c4-c4cc5c6ccccc6n6c7ccccc7c(c4)c56)cc3)n2)cc1. The first-order chi connectivity index (χ1) is 27.8. The van der Waals surface area contributed by atoms with Gasteiger partial charge in [0.2, 0.25) is 0 Å². The number of rotatable bonds is 5. The average molecular weight is 714 g/mol. The molecule has 4 heterocycles. The summed E-state index contributed by atoms with van der Waals surface area (Å²) in [7, 11) is 0. The van der Waals surface area contributed by atoms with Crippen molar-refractivity contribution < 1.29 is 4.42 Å². The van der Waals surface area contributed by atoms with Gasteiger partial charge in [-0.1, -0.05) is 146 Å². The van der Waals surface area contributed by atoms with Crippen molar-refractivity contribution in [2.75, 3.05) is 0 Å². The number of benzene rings is 8. The minimum Gasteiger partial charge on any atom is -0.456 e. The molecule has 4 nitrogen and oxygen atoms in total. The van der Waals surface area contributed by atoms with Gasteiger partial charge in [-0.3, -0.25) is 0 Å². The van der Waals surface area contributed by atoms with Crippen LogP contribution in [0, 0.1) is 0 Å². The molecule has 0 aliphatic rings. The van der Waals surface area contributed by atoms with E-state index < -0.39 is 0 Å². The number of hydrogen-bond donors (Lipinski definition) is 0. The summed E-state index contributed by atoms with van der Waals surface area (Å²) in [5.41, 5.74) is 14.9. The van der Waals surface area contributed by atoms with Gasteiger partial charge >= 0.3 is 0 Å². The molecule has 0 N–H and O–H groups in total. The van der Waals surface area contributed by atoms with Gasteiger partial charge in [0.15, 0.2) is 5.82 Å². The fourth-order valence-corrected chi connectivity index (χ4v) is 8.84. The summed E-state index contributed by atoms with van der Waals surface area (Å²) in [5.74, 6) is 0.691. The third-order valence-electron chi connectivity index (χ3n) is 11.4. The van der Waals surface area contributed by atoms with Gasteiger partial charge < -0.3 is 8.82 Å². The smallest absolute Gasteiger partial charge is 0.160 e. The van der Waals surface area contributed by atoms with E-state index in [4.69, 9.17) is 14.4 Å². The predicted octanol–water partition coefficient (Wildman–Crippen LogP) is 13.9. The third-order valence-corrected chi connectivity index (χ3v) is 11.4. The van der Waals surface area contributed by atoms with Gasteiger partial charge in [-0.2, -0.15) is 0 Å². The highest BCUT2D eigenvalue weighted by molar-refractivity contribution is 6.26. The molecule has 0 saturated carbocycles. The zero-order valence-electron chi connectivity index (χ0n) is 30.1. The highest BCUT2D eigenvalue weighted by Gasteiger charge is 2.23. The second-order valence-electron chi connectivity index (χ2n) is 14.5. The van der Waals surface area contributed by atoms with E-state index in [0.29, 0.717) is 5.82 Å². The molecule has 4 heteroatoms. The topological polar surface area (TPSA) is 43.3 Å². The molecule has 260 valence electrons. The highest BCUT2D eigenvalue weighted by atomic mass is 16.3. The Morgan fingerprint density at radius 2 is 0.911 bits per heavy atom. The molecule has 0 atom stereocenters. The van der Waals surface area contributed by atoms with E-state index >= 15 is 0 Å². The lowest BCUT2D eigenvalue weighted by atomic mass is 9.89. The Labute approximate surface area is 321 Å². The summed E-state index contributed by atoms with van der Waals surface area (Å²) in [6.45, 7) is 0. The summed E-state index contributed by atoms with van der Waals surface area (Å²) in [5, 5.41) is 7.23. The van der Waals surface area contributed by atoms with Crippen LogP contribution in [0.2, 0.25) is 0 Å². The Morgan fingerprint density at radius 1 is 0.375 bits per heavy atom. The van der Waals surface area contributed by atoms with Crippen LogP contribution in [0.3, 0.4) is 0 Å². The van der Waals surface area contributed by atoms with Gasteiger partial charge in [-0.25, -0.2) is 9.97 Å². The predicted molar refractivity (Wildman–Crippen MR) is 231 cm³/mol. The molecule has 8 aromatic carbocycles. The fraction of sp³-hybridized carbons (Fsp3) is 0. The Kier molecular flexibility index (Phi) is 6.60. The quantitative estimate of drug-likeness (QED) is 0.178. The van der Waals surface area contributed by atoms with Crippen LogP contribution in [-0.4, -0.2) is 14.4 Å². The maximum absolute atomic E-state index is 6.52. The van der Waals surface area contributed by atoms with Crippen LogP contribution >= 0.6 is 0 Å². The lowest BCUT2D eigenvalue weighted by Gasteiger charge is -2.14. The standard InChI is InChI=1S/C52H31N3O/c1-3-13-33(14-4-1)43-31-44(34-15-5-2-6-16-34)54-52(53-43)35-25-23-32(24-26-35)37-27-28-48-50(40-19-9-12-22-47(40)56-48)49(37)36-29-41-38-17-7-10-20-45(38)55-46-21-11-8-18-39(46)42(30-36)51(41)55/h1-31H. The minimum absolute atomic E-state index is 0.691. The first kappa shape index (κ1) is 30.9. The summed E-state index contributed by atoms with van der Waals surface area (Å²) in [4.78, 5) is 10.2. The van der Waals surface area contributed by atoms with Gasteiger partial charge in [0, 0.05) is 54.6 Å². The number of aromatic nitrogens is 3. The lowest BCUT2D eigenvalue weighted by molar-refractivity contribution is 0.669. The molecule has 0 fully saturated rings. The van der Waals surface area contributed by atoms with Gasteiger partial charge in [0.1, 0.15) is 11.2 Å². The second-order valence-corrected chi connectivity index (χ2v) is 14.5. The summed E-state index contributed by atoms with van der Waals surface area (Å²) < 4.78 is 8.96. The zero-order valence-corrected chi connectivity index (χ0v) is 30.1. The maximum atomic E-state index is 6.52. The lowest BCUT2D eigenvalue weighted by Crippen LogP contribution is -1.96. The number of hydrogen-bond acceptors (Lipinski definition) is 3. The summed E-state index contributed by atoms with van der Waals surface area (Å²) in [6.07, 6.45) is 0. The largest absolute Gasteiger partial charge is 0.456 e. The van der Waals surface area contributed by atoms with Crippen molar-refractivity contribution in [1.29, 1.82) is 0 Å². The van der Waals surface area contributed by atoms with Crippen molar-refractivity contribution in [3.63, 3.8) is 0 Å². The molecule has 0 aliphatic carbocycles. The normalized spacial score (nSPS) is 11.9. The molecule has 56 heavy (non-hydrogen) atoms. The minimum atomic E-state index is 0.691. The van der Waals surface area contributed by atoms with E-state index in [1.165, 1.54) is 38.1 Å². The highest BCUT2D eigenvalue weighted by Crippen LogP contribution is 2.47. The molecule has 0 amide bonds. The molecule has 0 radical (unpaired) electrons. The van der Waals surface area contributed by atoms with E-state index in [1.54, 1.807) is 0 Å². The second kappa shape index (κ2) is 12.0. The Morgan fingerprint density at radius 3 is 1.54 bits per heavy atom. The molecule has 0 saturated heterocycles. The molecule has 0 spiro atoms. The van der Waals surface area contributed by atoms with E-state index in [9.17, 15) is 0 Å². The molecule has 0 unspecified atom stereocenters. The van der Waals surface area contributed by atoms with Gasteiger partial charge in [0.05, 0.1) is 27.9 Å². The number of para-hydroxylation sites is 3. The van der Waals surface area contributed by atoms with Crippen molar-refractivity contribution in [2.45, 2.75) is 0 Å². The average Bonchev–Trinajstić information content (AvgIpc) is 3.93. The monoisotopic (exact) mass is 713 g/mol. The van der Waals surface area contributed by atoms with Crippen LogP contribution < -0.4 is 0 Å². The van der Waals surface area contributed by atoms with Gasteiger partial charge in [-0.15, -0.1) is 0 Å². The van der Waals surface area contributed by atoms with Crippen molar-refractivity contribution in [3.8, 4) is 56.2 Å². The first-order valence-corrected chi connectivity index (χ1v) is 19.0. The third kappa shape index (κ3) is 4.60. The van der Waals surface area contributed by atoms with Crippen LogP contribution in [0.25, 0.3) is 116 Å². The van der Waals surface area contributed by atoms with Crippen LogP contribution in [0.5, 0.6) is 0 Å². The van der Waals surface area contributed by atoms with E-state index in [1.807, 2.05) is 42.5 Å². The Bertz CT molecular complexity index is 3310. The molecule has 0 bridgehead atoms. The molecule has 12 aromatic rings. The summed E-state index contributed by atoms with van der Waals surface area (Å²) >= 11 is 0. The number of nitrogens with zero attached hydrogens (tertiary/aromatic N) is 3. The number of furan rings is 1. The van der Waals surface area contributed by atoms with E-state index in [2.05, 4.69) is 150 Å². The maximum Gasteiger partial charge on any atom is 0.160 e. The summed E-state index contributed by atoms with van der Waals surface area (Å²) in [6, 6.07) is 66.5. The Balaban J connectivity index is 1.09. The number of fused-ring (bicyclic) bond motifs is 9. The van der Waals surface area contributed by atoms with Crippen molar-refractivity contribution in [2.24, 2.45) is 0 Å². The molecule has 0 aliphatic heterocycles. The molecular weight excluding hydrogens is 683 g/mol. The van der Waals surface area contributed by atoms with Gasteiger partial charge in [-0.05, 0) is 59.2 Å². The zero-order chi connectivity index (χ0) is 36.7. The van der Waals surface area contributed by atoms with Crippen molar-refractivity contribution >= 4 is 60.0 Å². The van der Waals surface area contributed by atoms with E-state index in [0.717, 1.165) is 72.3 Å². The van der Waals surface area contributed by atoms with Crippen LogP contribution in [-0.2, 0) is 0 Å². The van der Waals surface area contributed by atoms with Crippen molar-refractivity contribution in [1.82, 2.24) is 14.4 Å². The fourth-order valence-electron chi connectivity index (χ4n) is 8.84. The van der Waals surface area contributed by atoms with Crippen molar-refractivity contribution in [3.05, 3.63) is 188 Å².